The van der Waals surface area contributed by atoms with Crippen LogP contribution in [-0.2, 0) is 4.79 Å². The van der Waals surface area contributed by atoms with Crippen LogP contribution < -0.4 is 10.6 Å². The molecule has 1 fully saturated rings. The smallest absolute Gasteiger partial charge is 0.311 e. The van der Waals surface area contributed by atoms with E-state index < -0.39 is 11.4 Å². The van der Waals surface area contributed by atoms with E-state index in [0.717, 1.165) is 24.8 Å². The molecule has 6 heteroatoms. The molecule has 6 nitrogen and oxygen atoms in total. The van der Waals surface area contributed by atoms with E-state index in [9.17, 15) is 19.5 Å². The molecular formula is C23H26N2O4. The molecule has 2 amide bonds. The van der Waals surface area contributed by atoms with E-state index in [4.69, 9.17) is 0 Å². The van der Waals surface area contributed by atoms with Crippen LogP contribution in [0.5, 0.6) is 0 Å². The number of amides is 2. The normalized spacial score (nSPS) is 15.3. The summed E-state index contributed by atoms with van der Waals surface area (Å²) < 4.78 is 0. The minimum absolute atomic E-state index is 0.112. The molecule has 0 bridgehead atoms. The van der Waals surface area contributed by atoms with Gasteiger partial charge in [0, 0.05) is 23.4 Å². The maximum absolute atomic E-state index is 12.7. The third-order valence-corrected chi connectivity index (χ3v) is 5.64. The number of carbonyl (C=O) groups excluding carboxylic acids is 2. The van der Waals surface area contributed by atoms with E-state index >= 15 is 0 Å². The van der Waals surface area contributed by atoms with Gasteiger partial charge < -0.3 is 15.7 Å². The molecule has 0 spiro atoms. The van der Waals surface area contributed by atoms with Crippen LogP contribution in [0.3, 0.4) is 0 Å². The molecule has 0 radical (unpaired) electrons. The Labute approximate surface area is 170 Å². The summed E-state index contributed by atoms with van der Waals surface area (Å²) in [7, 11) is 0. The van der Waals surface area contributed by atoms with E-state index in [0.29, 0.717) is 29.7 Å². The van der Waals surface area contributed by atoms with Crippen molar-refractivity contribution in [3.63, 3.8) is 0 Å². The van der Waals surface area contributed by atoms with Crippen molar-refractivity contribution in [3.05, 3.63) is 65.2 Å². The van der Waals surface area contributed by atoms with Crippen LogP contribution >= 0.6 is 0 Å². The van der Waals surface area contributed by atoms with Gasteiger partial charge in [-0.15, -0.1) is 0 Å². The van der Waals surface area contributed by atoms with Crippen molar-refractivity contribution in [1.82, 2.24) is 5.32 Å². The summed E-state index contributed by atoms with van der Waals surface area (Å²) in [6, 6.07) is 13.9. The van der Waals surface area contributed by atoms with Gasteiger partial charge in [-0.3, -0.25) is 14.4 Å². The lowest BCUT2D eigenvalue weighted by Crippen LogP contribution is -2.44. The number of aliphatic carboxylic acids is 1. The summed E-state index contributed by atoms with van der Waals surface area (Å²) in [4.78, 5) is 36.9. The number of anilines is 1. The summed E-state index contributed by atoms with van der Waals surface area (Å²) >= 11 is 0. The van der Waals surface area contributed by atoms with Crippen LogP contribution in [0.25, 0.3) is 0 Å². The fourth-order valence-corrected chi connectivity index (χ4v) is 3.73. The van der Waals surface area contributed by atoms with Gasteiger partial charge in [-0.25, -0.2) is 0 Å². The lowest BCUT2D eigenvalue weighted by Gasteiger charge is -2.33. The van der Waals surface area contributed by atoms with Gasteiger partial charge in [0.25, 0.3) is 11.8 Å². The predicted octanol–water partition coefficient (Wildman–Crippen LogP) is 4.01. The zero-order valence-corrected chi connectivity index (χ0v) is 16.5. The molecule has 0 saturated heterocycles. The van der Waals surface area contributed by atoms with Gasteiger partial charge >= 0.3 is 5.97 Å². The van der Waals surface area contributed by atoms with Crippen LogP contribution in [0.15, 0.2) is 48.5 Å². The number of benzene rings is 2. The maximum Gasteiger partial charge on any atom is 0.311 e. The zero-order valence-electron chi connectivity index (χ0n) is 16.5. The number of carboxylic acid groups (broad SMARTS) is 1. The second-order valence-corrected chi connectivity index (χ2v) is 7.68. The molecule has 0 unspecified atom stereocenters. The number of hydrogen-bond donors (Lipinski definition) is 3. The Bertz CT molecular complexity index is 902. The average molecular weight is 394 g/mol. The van der Waals surface area contributed by atoms with Crippen LogP contribution in [0.1, 0.15) is 58.4 Å². The largest absolute Gasteiger partial charge is 0.481 e. The predicted molar refractivity (Wildman–Crippen MR) is 111 cm³/mol. The van der Waals surface area contributed by atoms with Gasteiger partial charge in [0.1, 0.15) is 0 Å². The van der Waals surface area contributed by atoms with Gasteiger partial charge in [-0.05, 0) is 49.6 Å². The van der Waals surface area contributed by atoms with Crippen LogP contribution in [0.4, 0.5) is 5.69 Å². The van der Waals surface area contributed by atoms with Crippen LogP contribution in [0, 0.1) is 12.3 Å². The molecule has 2 aromatic rings. The Morgan fingerprint density at radius 1 is 0.931 bits per heavy atom. The van der Waals surface area contributed by atoms with Gasteiger partial charge in [0.15, 0.2) is 0 Å². The highest BCUT2D eigenvalue weighted by molar-refractivity contribution is 6.05. The van der Waals surface area contributed by atoms with Crippen LogP contribution in [0.2, 0.25) is 0 Å². The lowest BCUT2D eigenvalue weighted by molar-refractivity contribution is -0.150. The Morgan fingerprint density at radius 3 is 2.28 bits per heavy atom. The maximum atomic E-state index is 12.7. The molecule has 0 aromatic heterocycles. The number of carboxylic acids is 1. The van der Waals surface area contributed by atoms with Crippen molar-refractivity contribution in [2.24, 2.45) is 5.41 Å². The first-order valence-corrected chi connectivity index (χ1v) is 9.90. The monoisotopic (exact) mass is 394 g/mol. The molecular weight excluding hydrogens is 368 g/mol. The zero-order chi connectivity index (χ0) is 20.9. The first-order valence-electron chi connectivity index (χ1n) is 9.90. The second-order valence-electron chi connectivity index (χ2n) is 7.68. The molecule has 3 N–H and O–H groups in total. The summed E-state index contributed by atoms with van der Waals surface area (Å²) in [6.45, 7) is 1.96. The Balaban J connectivity index is 1.70. The van der Waals surface area contributed by atoms with E-state index in [1.807, 2.05) is 13.0 Å². The Hall–Kier alpha value is -3.15. The van der Waals surface area contributed by atoms with Crippen molar-refractivity contribution in [3.8, 4) is 0 Å². The van der Waals surface area contributed by atoms with Gasteiger partial charge in [0.05, 0.1) is 5.41 Å². The fraction of sp³-hybridized carbons (Fsp3) is 0.348. The first kappa shape index (κ1) is 20.6. The first-order chi connectivity index (χ1) is 13.9. The number of nitrogens with one attached hydrogen (secondary N) is 2. The van der Waals surface area contributed by atoms with Gasteiger partial charge in [-0.2, -0.15) is 0 Å². The van der Waals surface area contributed by atoms with E-state index in [2.05, 4.69) is 10.6 Å². The van der Waals surface area contributed by atoms with E-state index in [-0.39, 0.29) is 18.4 Å². The number of aryl methyl sites for hydroxylation is 1. The molecule has 0 heterocycles. The molecule has 0 aliphatic heterocycles. The standard InChI is InChI=1S/C23H26N2O4/c1-16-10-11-18(14-19(16)25-21(27)17-8-4-2-5-9-17)20(26)24-15-23(22(28)29)12-6-3-7-13-23/h2,4-5,8-11,14H,3,6-7,12-13,15H2,1H3,(H,24,26)(H,25,27)(H,28,29). The number of carbonyl (C=O) groups is 3. The lowest BCUT2D eigenvalue weighted by atomic mass is 9.74. The molecule has 1 aliphatic rings. The average Bonchev–Trinajstić information content (AvgIpc) is 2.74. The molecule has 1 saturated carbocycles. The molecule has 152 valence electrons. The van der Waals surface area contributed by atoms with Crippen molar-refractivity contribution < 1.29 is 19.5 Å². The van der Waals surface area contributed by atoms with Crippen LogP contribution in [-0.4, -0.2) is 29.4 Å². The Morgan fingerprint density at radius 2 is 1.62 bits per heavy atom. The van der Waals surface area contributed by atoms with Crippen molar-refractivity contribution in [2.45, 2.75) is 39.0 Å². The third kappa shape index (κ3) is 4.83. The van der Waals surface area contributed by atoms with Gasteiger partial charge in [0.2, 0.25) is 0 Å². The highest BCUT2D eigenvalue weighted by Crippen LogP contribution is 2.36. The SMILES string of the molecule is Cc1ccc(C(=O)NCC2(C(=O)O)CCCCC2)cc1NC(=O)c1ccccc1. The highest BCUT2D eigenvalue weighted by Gasteiger charge is 2.39. The second kappa shape index (κ2) is 8.90. The minimum Gasteiger partial charge on any atom is -0.481 e. The van der Waals surface area contributed by atoms with E-state index in [1.165, 1.54) is 0 Å². The molecule has 3 rings (SSSR count). The van der Waals surface area contributed by atoms with Gasteiger partial charge in [-0.1, -0.05) is 43.5 Å². The quantitative estimate of drug-likeness (QED) is 0.690. The number of hydrogen-bond acceptors (Lipinski definition) is 3. The summed E-state index contributed by atoms with van der Waals surface area (Å²) in [5.74, 6) is -1.44. The molecule has 2 aromatic carbocycles. The third-order valence-electron chi connectivity index (χ3n) is 5.64. The highest BCUT2D eigenvalue weighted by atomic mass is 16.4. The van der Waals surface area contributed by atoms with Crippen molar-refractivity contribution >= 4 is 23.5 Å². The van der Waals surface area contributed by atoms with Crippen molar-refractivity contribution in [2.75, 3.05) is 11.9 Å². The molecule has 0 atom stereocenters. The minimum atomic E-state index is -0.886. The summed E-state index contributed by atoms with van der Waals surface area (Å²) in [6.07, 6.45) is 3.92. The molecule has 29 heavy (non-hydrogen) atoms. The van der Waals surface area contributed by atoms with Crippen molar-refractivity contribution in [1.29, 1.82) is 0 Å². The number of rotatable bonds is 6. The molecule has 1 aliphatic carbocycles. The fourth-order valence-electron chi connectivity index (χ4n) is 3.73. The van der Waals surface area contributed by atoms with E-state index in [1.54, 1.807) is 42.5 Å². The Kier molecular flexibility index (Phi) is 6.32. The summed E-state index contributed by atoms with van der Waals surface area (Å²) in [5.41, 5.74) is 1.41. The topological polar surface area (TPSA) is 95.5 Å². The summed E-state index contributed by atoms with van der Waals surface area (Å²) in [5, 5.41) is 15.3.